The van der Waals surface area contributed by atoms with Crippen LogP contribution in [-0.2, 0) is 6.54 Å². The van der Waals surface area contributed by atoms with E-state index >= 15 is 0 Å². The van der Waals surface area contributed by atoms with Gasteiger partial charge in [-0.3, -0.25) is 14.8 Å². The SMILES string of the molecule is CN=C(NC[C@H]1CCCN1CC(C)C)N1CCN(Cc2cc(C)on2)CC1. The Hall–Kier alpha value is -1.60. The summed E-state index contributed by atoms with van der Waals surface area (Å²) in [5.41, 5.74) is 1.02. The molecule has 2 fully saturated rings. The summed E-state index contributed by atoms with van der Waals surface area (Å²) in [4.78, 5) is 12.0. The average Bonchev–Trinajstić information content (AvgIpc) is 3.25. The third kappa shape index (κ3) is 5.69. The van der Waals surface area contributed by atoms with Crippen molar-refractivity contribution < 1.29 is 4.52 Å². The van der Waals surface area contributed by atoms with Gasteiger partial charge in [-0.05, 0) is 32.2 Å². The fourth-order valence-corrected chi connectivity index (χ4v) is 4.22. The van der Waals surface area contributed by atoms with Crippen molar-refractivity contribution >= 4 is 5.96 Å². The molecule has 0 aliphatic carbocycles. The molecule has 0 unspecified atom stereocenters. The lowest BCUT2D eigenvalue weighted by Gasteiger charge is -2.36. The average molecular weight is 377 g/mol. The smallest absolute Gasteiger partial charge is 0.193 e. The molecule has 0 bridgehead atoms. The van der Waals surface area contributed by atoms with Gasteiger partial charge in [-0.15, -0.1) is 0 Å². The maximum absolute atomic E-state index is 5.18. The summed E-state index contributed by atoms with van der Waals surface area (Å²) in [6.07, 6.45) is 2.61. The van der Waals surface area contributed by atoms with E-state index in [1.54, 1.807) is 0 Å². The van der Waals surface area contributed by atoms with Crippen molar-refractivity contribution in [2.45, 2.75) is 46.2 Å². The predicted octanol–water partition coefficient (Wildman–Crippen LogP) is 1.80. The van der Waals surface area contributed by atoms with Gasteiger partial charge in [0.2, 0.25) is 0 Å². The number of rotatable bonds is 6. The fraction of sp³-hybridized carbons (Fsp3) is 0.800. The number of likely N-dealkylation sites (tertiary alicyclic amines) is 1. The molecule has 7 nitrogen and oxygen atoms in total. The Kier molecular flexibility index (Phi) is 7.13. The highest BCUT2D eigenvalue weighted by atomic mass is 16.5. The van der Waals surface area contributed by atoms with Gasteiger partial charge in [0.25, 0.3) is 0 Å². The highest BCUT2D eigenvalue weighted by molar-refractivity contribution is 5.80. The quantitative estimate of drug-likeness (QED) is 0.603. The van der Waals surface area contributed by atoms with Crippen LogP contribution in [-0.4, -0.2) is 84.7 Å². The van der Waals surface area contributed by atoms with E-state index in [9.17, 15) is 0 Å². The molecule has 1 N–H and O–H groups in total. The van der Waals surface area contributed by atoms with E-state index in [0.29, 0.717) is 6.04 Å². The van der Waals surface area contributed by atoms with Gasteiger partial charge in [0.05, 0.1) is 5.69 Å². The third-order valence-corrected chi connectivity index (χ3v) is 5.54. The van der Waals surface area contributed by atoms with Crippen LogP contribution in [0.15, 0.2) is 15.6 Å². The largest absolute Gasteiger partial charge is 0.361 e. The van der Waals surface area contributed by atoms with Crippen molar-refractivity contribution in [3.63, 3.8) is 0 Å². The molecule has 2 saturated heterocycles. The molecule has 0 spiro atoms. The van der Waals surface area contributed by atoms with E-state index in [2.05, 4.69) is 44.0 Å². The maximum atomic E-state index is 5.18. The lowest BCUT2D eigenvalue weighted by Crippen LogP contribution is -2.53. The van der Waals surface area contributed by atoms with Crippen molar-refractivity contribution in [1.82, 2.24) is 25.2 Å². The zero-order valence-corrected chi connectivity index (χ0v) is 17.4. The molecule has 1 aromatic heterocycles. The van der Waals surface area contributed by atoms with E-state index < -0.39 is 0 Å². The molecule has 3 rings (SSSR count). The topological polar surface area (TPSA) is 60.1 Å². The maximum Gasteiger partial charge on any atom is 0.193 e. The first-order chi connectivity index (χ1) is 13.0. The number of aliphatic imine (C=N–C) groups is 1. The second-order valence-corrected chi connectivity index (χ2v) is 8.31. The minimum atomic E-state index is 0.640. The normalized spacial score (nSPS) is 22.8. The number of nitrogens with zero attached hydrogens (tertiary/aromatic N) is 5. The number of aromatic nitrogens is 1. The fourth-order valence-electron chi connectivity index (χ4n) is 4.22. The first kappa shape index (κ1) is 20.1. The molecule has 0 aromatic carbocycles. The first-order valence-electron chi connectivity index (χ1n) is 10.4. The molecule has 0 amide bonds. The summed E-state index contributed by atoms with van der Waals surface area (Å²) < 4.78 is 5.18. The van der Waals surface area contributed by atoms with Gasteiger partial charge in [-0.1, -0.05) is 19.0 Å². The van der Waals surface area contributed by atoms with Crippen LogP contribution in [0.4, 0.5) is 0 Å². The summed E-state index contributed by atoms with van der Waals surface area (Å²) in [5, 5.41) is 7.75. The molecule has 1 aromatic rings. The number of nitrogens with one attached hydrogen (secondary N) is 1. The third-order valence-electron chi connectivity index (χ3n) is 5.54. The summed E-state index contributed by atoms with van der Waals surface area (Å²) in [6, 6.07) is 2.66. The Morgan fingerprint density at radius 2 is 2.07 bits per heavy atom. The minimum absolute atomic E-state index is 0.640. The van der Waals surface area contributed by atoms with Crippen LogP contribution in [0.3, 0.4) is 0 Å². The first-order valence-corrected chi connectivity index (χ1v) is 10.4. The molecule has 7 heteroatoms. The number of aryl methyl sites for hydroxylation is 1. The summed E-state index contributed by atoms with van der Waals surface area (Å²) in [7, 11) is 1.90. The molecule has 0 saturated carbocycles. The van der Waals surface area contributed by atoms with Crippen LogP contribution in [0.5, 0.6) is 0 Å². The van der Waals surface area contributed by atoms with Gasteiger partial charge >= 0.3 is 0 Å². The van der Waals surface area contributed by atoms with Gasteiger partial charge in [-0.2, -0.15) is 0 Å². The van der Waals surface area contributed by atoms with E-state index in [-0.39, 0.29) is 0 Å². The number of guanidine groups is 1. The lowest BCUT2D eigenvalue weighted by molar-refractivity contribution is 0.167. The van der Waals surface area contributed by atoms with Gasteiger partial charge in [0.15, 0.2) is 5.96 Å². The highest BCUT2D eigenvalue weighted by Gasteiger charge is 2.26. The Morgan fingerprint density at radius 3 is 2.70 bits per heavy atom. The van der Waals surface area contributed by atoms with E-state index in [1.807, 2.05) is 20.0 Å². The standard InChI is InChI=1S/C20H36N6O/c1-16(2)14-26-7-5-6-19(26)13-22-20(21-4)25-10-8-24(9-11-25)15-18-12-17(3)27-23-18/h12,16,19H,5-11,13-15H2,1-4H3,(H,21,22)/t19-/m1/s1. The van der Waals surface area contributed by atoms with Crippen molar-refractivity contribution in [2.24, 2.45) is 10.9 Å². The van der Waals surface area contributed by atoms with Crippen molar-refractivity contribution in [3.8, 4) is 0 Å². The summed E-state index contributed by atoms with van der Waals surface area (Å²) >= 11 is 0. The molecule has 3 heterocycles. The molecule has 152 valence electrons. The van der Waals surface area contributed by atoms with E-state index in [4.69, 9.17) is 4.52 Å². The zero-order valence-electron chi connectivity index (χ0n) is 17.4. The van der Waals surface area contributed by atoms with Crippen LogP contribution in [0, 0.1) is 12.8 Å². The Labute approximate surface area is 163 Å². The Morgan fingerprint density at radius 1 is 1.30 bits per heavy atom. The van der Waals surface area contributed by atoms with Crippen LogP contribution in [0.25, 0.3) is 0 Å². The van der Waals surface area contributed by atoms with Crippen LogP contribution < -0.4 is 5.32 Å². The highest BCUT2D eigenvalue weighted by Crippen LogP contribution is 2.18. The number of piperazine rings is 1. The lowest BCUT2D eigenvalue weighted by atomic mass is 10.1. The minimum Gasteiger partial charge on any atom is -0.361 e. The Bertz CT molecular complexity index is 605. The molecular formula is C20H36N6O. The van der Waals surface area contributed by atoms with Crippen LogP contribution >= 0.6 is 0 Å². The van der Waals surface area contributed by atoms with Crippen molar-refractivity contribution in [2.75, 3.05) is 52.9 Å². The van der Waals surface area contributed by atoms with Gasteiger partial charge < -0.3 is 14.7 Å². The molecule has 2 aliphatic rings. The van der Waals surface area contributed by atoms with E-state index in [1.165, 1.54) is 25.9 Å². The molecular weight excluding hydrogens is 340 g/mol. The monoisotopic (exact) mass is 376 g/mol. The van der Waals surface area contributed by atoms with Gasteiger partial charge in [-0.25, -0.2) is 0 Å². The van der Waals surface area contributed by atoms with Crippen molar-refractivity contribution in [3.05, 3.63) is 17.5 Å². The van der Waals surface area contributed by atoms with Gasteiger partial charge in [0, 0.05) is 65.0 Å². The number of hydrogen-bond donors (Lipinski definition) is 1. The second-order valence-electron chi connectivity index (χ2n) is 8.31. The number of hydrogen-bond acceptors (Lipinski definition) is 5. The van der Waals surface area contributed by atoms with Crippen molar-refractivity contribution in [1.29, 1.82) is 0 Å². The molecule has 27 heavy (non-hydrogen) atoms. The molecule has 1 atom stereocenters. The van der Waals surface area contributed by atoms with Crippen LogP contribution in [0.1, 0.15) is 38.1 Å². The predicted molar refractivity (Wildman–Crippen MR) is 109 cm³/mol. The molecule has 0 radical (unpaired) electrons. The summed E-state index contributed by atoms with van der Waals surface area (Å²) in [6.45, 7) is 14.9. The van der Waals surface area contributed by atoms with E-state index in [0.717, 1.165) is 62.6 Å². The Balaban J connectivity index is 1.43. The van der Waals surface area contributed by atoms with Gasteiger partial charge in [0.1, 0.15) is 5.76 Å². The summed E-state index contributed by atoms with van der Waals surface area (Å²) in [5.74, 6) is 2.65. The zero-order chi connectivity index (χ0) is 19.2. The van der Waals surface area contributed by atoms with Crippen LogP contribution in [0.2, 0.25) is 0 Å². The molecule has 2 aliphatic heterocycles. The second kappa shape index (κ2) is 9.55.